The van der Waals surface area contributed by atoms with E-state index in [0.717, 1.165) is 0 Å². The fourth-order valence-corrected chi connectivity index (χ4v) is 1.41. The van der Waals surface area contributed by atoms with Gasteiger partial charge < -0.3 is 20.3 Å². The Labute approximate surface area is 90.0 Å². The molecule has 86 valence electrons. The lowest BCUT2D eigenvalue weighted by Crippen LogP contribution is -2.53. The maximum absolute atomic E-state index is 11.4. The van der Waals surface area contributed by atoms with Crippen LogP contribution in [-0.2, 0) is 11.2 Å². The highest BCUT2D eigenvalue weighted by Gasteiger charge is 2.24. The van der Waals surface area contributed by atoms with Crippen LogP contribution in [0.4, 0.5) is 0 Å². The van der Waals surface area contributed by atoms with Gasteiger partial charge in [-0.2, -0.15) is 4.98 Å². The van der Waals surface area contributed by atoms with Crippen molar-refractivity contribution in [1.29, 1.82) is 0 Å². The fourth-order valence-electron chi connectivity index (χ4n) is 1.41. The van der Waals surface area contributed by atoms with E-state index in [4.69, 9.17) is 9.63 Å². The predicted molar refractivity (Wildman–Crippen MR) is 49.8 cm³/mol. The van der Waals surface area contributed by atoms with Gasteiger partial charge in [0.2, 0.25) is 11.8 Å². The van der Waals surface area contributed by atoms with E-state index in [2.05, 4.69) is 20.8 Å². The lowest BCUT2D eigenvalue weighted by molar-refractivity contribution is -0.124. The molecule has 1 aliphatic heterocycles. The van der Waals surface area contributed by atoms with Crippen molar-refractivity contribution in [3.63, 3.8) is 0 Å². The van der Waals surface area contributed by atoms with Gasteiger partial charge in [0.1, 0.15) is 0 Å². The molecule has 1 unspecified atom stereocenters. The van der Waals surface area contributed by atoms with Gasteiger partial charge in [-0.15, -0.1) is 0 Å². The number of nitrogens with zero attached hydrogens (tertiary/aromatic N) is 2. The number of hydrogen-bond donors (Lipinski definition) is 3. The van der Waals surface area contributed by atoms with Gasteiger partial charge in [0.25, 0.3) is 5.82 Å². The lowest BCUT2D eigenvalue weighted by atomic mass is 10.1. The topological polar surface area (TPSA) is 117 Å². The summed E-state index contributed by atoms with van der Waals surface area (Å²) in [6, 6.07) is -0.448. The number of carboxylic acid groups (broad SMARTS) is 1. The van der Waals surface area contributed by atoms with Gasteiger partial charge in [0.05, 0.1) is 12.5 Å². The minimum Gasteiger partial charge on any atom is -0.475 e. The molecule has 1 saturated heterocycles. The average Bonchev–Trinajstić information content (AvgIpc) is 2.70. The Kier molecular flexibility index (Phi) is 2.82. The second-order valence-electron chi connectivity index (χ2n) is 3.32. The summed E-state index contributed by atoms with van der Waals surface area (Å²) in [5, 5.41) is 17.5. The van der Waals surface area contributed by atoms with Crippen LogP contribution >= 0.6 is 0 Å². The van der Waals surface area contributed by atoms with Gasteiger partial charge in [0, 0.05) is 13.1 Å². The summed E-state index contributed by atoms with van der Waals surface area (Å²) in [6.45, 7) is 1.25. The number of rotatable bonds is 3. The molecule has 2 rings (SSSR count). The SMILES string of the molecule is O=C(O)c1noc(CC2NCCNC2=O)n1. The second kappa shape index (κ2) is 4.27. The number of amides is 1. The zero-order valence-corrected chi connectivity index (χ0v) is 8.27. The fraction of sp³-hybridized carbons (Fsp3) is 0.500. The summed E-state index contributed by atoms with van der Waals surface area (Å²) in [5.74, 6) is -1.67. The molecule has 8 heteroatoms. The molecule has 3 N–H and O–H groups in total. The normalized spacial score (nSPS) is 20.5. The third-order valence-electron chi connectivity index (χ3n) is 2.17. The van der Waals surface area contributed by atoms with E-state index in [9.17, 15) is 9.59 Å². The van der Waals surface area contributed by atoms with E-state index in [1.54, 1.807) is 0 Å². The summed E-state index contributed by atoms with van der Waals surface area (Å²) in [6.07, 6.45) is 0.187. The van der Waals surface area contributed by atoms with Crippen molar-refractivity contribution in [2.45, 2.75) is 12.5 Å². The Morgan fingerprint density at radius 3 is 3.00 bits per heavy atom. The van der Waals surface area contributed by atoms with E-state index in [-0.39, 0.29) is 18.2 Å². The maximum Gasteiger partial charge on any atom is 0.377 e. The standard InChI is InChI=1S/C8H10N4O4/c13-7-4(9-1-2-10-7)3-5-11-6(8(14)15)12-16-5/h4,9H,1-3H2,(H,10,13)(H,14,15). The minimum atomic E-state index is -1.25. The van der Waals surface area contributed by atoms with Gasteiger partial charge in [-0.1, -0.05) is 0 Å². The first-order valence-corrected chi connectivity index (χ1v) is 4.74. The van der Waals surface area contributed by atoms with E-state index >= 15 is 0 Å². The molecule has 1 aromatic heterocycles. The molecule has 1 amide bonds. The van der Waals surface area contributed by atoms with E-state index < -0.39 is 17.8 Å². The van der Waals surface area contributed by atoms with E-state index in [1.807, 2.05) is 0 Å². The number of aromatic carboxylic acids is 1. The highest BCUT2D eigenvalue weighted by Crippen LogP contribution is 2.03. The molecule has 1 fully saturated rings. The molecule has 0 saturated carbocycles. The summed E-state index contributed by atoms with van der Waals surface area (Å²) >= 11 is 0. The Morgan fingerprint density at radius 1 is 1.56 bits per heavy atom. The quantitative estimate of drug-likeness (QED) is 0.568. The Bertz CT molecular complexity index is 416. The van der Waals surface area contributed by atoms with Crippen LogP contribution in [-0.4, -0.2) is 46.3 Å². The van der Waals surface area contributed by atoms with Gasteiger partial charge in [0.15, 0.2) is 0 Å². The van der Waals surface area contributed by atoms with Crippen molar-refractivity contribution in [2.75, 3.05) is 13.1 Å². The summed E-state index contributed by atoms with van der Waals surface area (Å²) in [4.78, 5) is 25.5. The molecule has 16 heavy (non-hydrogen) atoms. The van der Waals surface area contributed by atoms with E-state index in [0.29, 0.717) is 13.1 Å². The third-order valence-corrected chi connectivity index (χ3v) is 2.17. The largest absolute Gasteiger partial charge is 0.475 e. The van der Waals surface area contributed by atoms with Crippen molar-refractivity contribution in [3.05, 3.63) is 11.7 Å². The van der Waals surface area contributed by atoms with Gasteiger partial charge in [-0.25, -0.2) is 4.79 Å². The number of carboxylic acids is 1. The minimum absolute atomic E-state index is 0.131. The van der Waals surface area contributed by atoms with Crippen LogP contribution in [0, 0.1) is 0 Å². The van der Waals surface area contributed by atoms with Crippen molar-refractivity contribution in [2.24, 2.45) is 0 Å². The van der Waals surface area contributed by atoms with Crippen LogP contribution in [0.25, 0.3) is 0 Å². The van der Waals surface area contributed by atoms with Crippen molar-refractivity contribution in [3.8, 4) is 0 Å². The second-order valence-corrected chi connectivity index (χ2v) is 3.32. The molecular weight excluding hydrogens is 216 g/mol. The molecule has 1 atom stereocenters. The smallest absolute Gasteiger partial charge is 0.377 e. The van der Waals surface area contributed by atoms with Crippen LogP contribution in [0.5, 0.6) is 0 Å². The molecule has 0 aromatic carbocycles. The molecule has 0 aliphatic carbocycles. The number of carbonyl (C=O) groups excluding carboxylic acids is 1. The highest BCUT2D eigenvalue weighted by atomic mass is 16.5. The lowest BCUT2D eigenvalue weighted by Gasteiger charge is -2.21. The molecule has 0 bridgehead atoms. The van der Waals surface area contributed by atoms with Gasteiger partial charge >= 0.3 is 5.97 Å². The van der Waals surface area contributed by atoms with Crippen LogP contribution in [0.1, 0.15) is 16.5 Å². The number of nitrogens with one attached hydrogen (secondary N) is 2. The predicted octanol–water partition coefficient (Wildman–Crippen LogP) is -1.60. The summed E-state index contributed by atoms with van der Waals surface area (Å²) < 4.78 is 4.72. The Balaban J connectivity index is 2.02. The molecular formula is C8H10N4O4. The van der Waals surface area contributed by atoms with Crippen molar-refractivity contribution < 1.29 is 19.2 Å². The number of hydrogen-bond acceptors (Lipinski definition) is 6. The van der Waals surface area contributed by atoms with Gasteiger partial charge in [-0.05, 0) is 5.16 Å². The van der Waals surface area contributed by atoms with Crippen LogP contribution in [0.3, 0.4) is 0 Å². The van der Waals surface area contributed by atoms with Crippen molar-refractivity contribution >= 4 is 11.9 Å². The van der Waals surface area contributed by atoms with Gasteiger partial charge in [-0.3, -0.25) is 4.79 Å². The molecule has 0 spiro atoms. The van der Waals surface area contributed by atoms with Crippen molar-refractivity contribution in [1.82, 2.24) is 20.8 Å². The first-order valence-electron chi connectivity index (χ1n) is 4.74. The summed E-state index contributed by atoms with van der Waals surface area (Å²) in [5.41, 5.74) is 0. The zero-order valence-electron chi connectivity index (χ0n) is 8.27. The monoisotopic (exact) mass is 226 g/mol. The molecule has 0 radical (unpaired) electrons. The molecule has 8 nitrogen and oxygen atoms in total. The molecule has 2 heterocycles. The first kappa shape index (κ1) is 10.6. The van der Waals surface area contributed by atoms with Crippen LogP contribution < -0.4 is 10.6 Å². The maximum atomic E-state index is 11.4. The number of piperazine rings is 1. The molecule has 1 aliphatic rings. The number of aromatic nitrogens is 2. The molecule has 1 aromatic rings. The zero-order chi connectivity index (χ0) is 11.5. The third kappa shape index (κ3) is 2.16. The number of carbonyl (C=O) groups is 2. The first-order chi connectivity index (χ1) is 7.66. The van der Waals surface area contributed by atoms with E-state index in [1.165, 1.54) is 0 Å². The van der Waals surface area contributed by atoms with Crippen LogP contribution in [0.15, 0.2) is 4.52 Å². The average molecular weight is 226 g/mol. The Hall–Kier alpha value is -1.96. The Morgan fingerprint density at radius 2 is 2.38 bits per heavy atom. The van der Waals surface area contributed by atoms with Crippen LogP contribution in [0.2, 0.25) is 0 Å². The highest BCUT2D eigenvalue weighted by molar-refractivity contribution is 5.83. The summed E-state index contributed by atoms with van der Waals surface area (Å²) in [7, 11) is 0.